The smallest absolute Gasteiger partial charge is 0.328 e. The molecule has 13 heavy (non-hydrogen) atoms. The predicted octanol–water partition coefficient (Wildman–Crippen LogP) is -1.18. The van der Waals surface area contributed by atoms with Crippen molar-refractivity contribution in [1.29, 1.82) is 0 Å². The van der Waals surface area contributed by atoms with E-state index in [1.54, 1.807) is 0 Å². The fraction of sp³-hybridized carbons (Fsp3) is 0.429. The highest BCUT2D eigenvalue weighted by Gasteiger charge is 1.96. The Balaban J connectivity index is 2.67. The van der Waals surface area contributed by atoms with Crippen LogP contribution in [-0.4, -0.2) is 28.3 Å². The van der Waals surface area contributed by atoms with Crippen LogP contribution in [0.3, 0.4) is 0 Å². The van der Waals surface area contributed by atoms with Gasteiger partial charge in [0.15, 0.2) is 5.88 Å². The Kier molecular flexibility index (Phi) is 3.27. The third-order valence-electron chi connectivity index (χ3n) is 1.30. The van der Waals surface area contributed by atoms with E-state index in [2.05, 4.69) is 4.98 Å². The zero-order chi connectivity index (χ0) is 9.68. The molecule has 3 N–H and O–H groups in total. The van der Waals surface area contributed by atoms with E-state index < -0.39 is 11.2 Å². The molecule has 6 heteroatoms. The van der Waals surface area contributed by atoms with Gasteiger partial charge in [-0.2, -0.15) is 0 Å². The molecule has 1 aromatic rings. The van der Waals surface area contributed by atoms with Crippen molar-refractivity contribution in [2.45, 2.75) is 6.42 Å². The molecule has 0 amide bonds. The molecule has 0 aliphatic rings. The van der Waals surface area contributed by atoms with Gasteiger partial charge in [0, 0.05) is 13.0 Å². The molecule has 0 bridgehead atoms. The van der Waals surface area contributed by atoms with Crippen molar-refractivity contribution in [3.05, 3.63) is 26.9 Å². The second-order valence-corrected chi connectivity index (χ2v) is 2.38. The molecule has 0 atom stereocenters. The van der Waals surface area contributed by atoms with Crippen LogP contribution < -0.4 is 16.0 Å². The number of aromatic nitrogens is 2. The van der Waals surface area contributed by atoms with Crippen LogP contribution in [0.5, 0.6) is 5.88 Å². The molecule has 72 valence electrons. The van der Waals surface area contributed by atoms with E-state index >= 15 is 0 Å². The van der Waals surface area contributed by atoms with Crippen molar-refractivity contribution in [3.8, 4) is 5.88 Å². The average molecular weight is 186 g/mol. The SMILES string of the molecule is O=c1cc(OCCCO)[nH]c(=O)[nH]1. The van der Waals surface area contributed by atoms with E-state index in [9.17, 15) is 9.59 Å². The summed E-state index contributed by atoms with van der Waals surface area (Å²) in [7, 11) is 0. The molecule has 1 heterocycles. The first-order valence-corrected chi connectivity index (χ1v) is 3.79. The molecule has 0 aromatic carbocycles. The largest absolute Gasteiger partial charge is 0.479 e. The van der Waals surface area contributed by atoms with Crippen molar-refractivity contribution < 1.29 is 9.84 Å². The zero-order valence-electron chi connectivity index (χ0n) is 6.87. The van der Waals surface area contributed by atoms with Crippen LogP contribution in [-0.2, 0) is 0 Å². The highest BCUT2D eigenvalue weighted by atomic mass is 16.5. The minimum atomic E-state index is -0.605. The molecule has 0 aliphatic carbocycles. The molecule has 0 saturated carbocycles. The van der Waals surface area contributed by atoms with Gasteiger partial charge in [0.05, 0.1) is 12.7 Å². The van der Waals surface area contributed by atoms with E-state index in [-0.39, 0.29) is 19.1 Å². The number of hydrogen-bond acceptors (Lipinski definition) is 4. The van der Waals surface area contributed by atoms with Gasteiger partial charge in [-0.1, -0.05) is 0 Å². The lowest BCUT2D eigenvalue weighted by Gasteiger charge is -2.02. The Morgan fingerprint density at radius 1 is 1.38 bits per heavy atom. The lowest BCUT2D eigenvalue weighted by molar-refractivity contribution is 0.228. The van der Waals surface area contributed by atoms with Crippen molar-refractivity contribution in [2.75, 3.05) is 13.2 Å². The maximum atomic E-state index is 10.7. The third kappa shape index (κ3) is 3.12. The van der Waals surface area contributed by atoms with Crippen LogP contribution in [0.1, 0.15) is 6.42 Å². The van der Waals surface area contributed by atoms with Gasteiger partial charge in [0.2, 0.25) is 0 Å². The first-order valence-electron chi connectivity index (χ1n) is 3.79. The molecule has 0 unspecified atom stereocenters. The molecule has 0 fully saturated rings. The van der Waals surface area contributed by atoms with Crippen LogP contribution in [0.25, 0.3) is 0 Å². The van der Waals surface area contributed by atoms with Crippen LogP contribution in [0.15, 0.2) is 15.7 Å². The third-order valence-corrected chi connectivity index (χ3v) is 1.30. The minimum Gasteiger partial charge on any atom is -0.479 e. The van der Waals surface area contributed by atoms with E-state index in [4.69, 9.17) is 9.84 Å². The number of hydrogen-bond donors (Lipinski definition) is 3. The van der Waals surface area contributed by atoms with Crippen LogP contribution >= 0.6 is 0 Å². The van der Waals surface area contributed by atoms with Gasteiger partial charge in [-0.3, -0.25) is 14.8 Å². The molecule has 0 radical (unpaired) electrons. The summed E-state index contributed by atoms with van der Waals surface area (Å²) in [5, 5.41) is 8.43. The van der Waals surface area contributed by atoms with E-state index in [1.807, 2.05) is 4.98 Å². The molecule has 6 nitrogen and oxygen atoms in total. The van der Waals surface area contributed by atoms with Gasteiger partial charge >= 0.3 is 5.69 Å². The lowest BCUT2D eigenvalue weighted by Crippen LogP contribution is -2.22. The predicted molar refractivity (Wildman–Crippen MR) is 44.9 cm³/mol. The average Bonchev–Trinajstić information content (AvgIpc) is 2.03. The summed E-state index contributed by atoms with van der Waals surface area (Å²) in [6, 6.07) is 1.14. The fourth-order valence-corrected chi connectivity index (χ4v) is 0.771. The molecule has 0 aliphatic heterocycles. The summed E-state index contributed by atoms with van der Waals surface area (Å²) in [6.45, 7) is 0.267. The van der Waals surface area contributed by atoms with Crippen molar-refractivity contribution >= 4 is 0 Å². The number of ether oxygens (including phenoxy) is 1. The Bertz CT molecular complexity index is 339. The Morgan fingerprint density at radius 3 is 2.77 bits per heavy atom. The molecule has 1 aromatic heterocycles. The van der Waals surface area contributed by atoms with Gasteiger partial charge in [0.25, 0.3) is 5.56 Å². The normalized spacial score (nSPS) is 9.92. The number of aliphatic hydroxyl groups excluding tert-OH is 1. The number of rotatable bonds is 4. The summed E-state index contributed by atoms with van der Waals surface area (Å²) in [4.78, 5) is 25.7. The highest BCUT2D eigenvalue weighted by molar-refractivity contribution is 5.04. The lowest BCUT2D eigenvalue weighted by atomic mass is 10.5. The molecular formula is C7H10N2O4. The molecule has 1 rings (SSSR count). The van der Waals surface area contributed by atoms with Crippen LogP contribution in [0, 0.1) is 0 Å². The summed E-state index contributed by atoms with van der Waals surface area (Å²) in [5.74, 6) is 0.113. The van der Waals surface area contributed by atoms with Gasteiger partial charge in [-0.05, 0) is 0 Å². The van der Waals surface area contributed by atoms with E-state index in [0.29, 0.717) is 6.42 Å². The quantitative estimate of drug-likeness (QED) is 0.516. The Morgan fingerprint density at radius 2 is 2.15 bits per heavy atom. The van der Waals surface area contributed by atoms with Crippen molar-refractivity contribution in [1.82, 2.24) is 9.97 Å². The van der Waals surface area contributed by atoms with Gasteiger partial charge in [-0.25, -0.2) is 4.79 Å². The standard InChI is InChI=1S/C7H10N2O4/c10-2-1-3-13-6-4-5(11)8-7(12)9-6/h4,10H,1-3H2,(H2,8,9,11,12). The van der Waals surface area contributed by atoms with Gasteiger partial charge in [-0.15, -0.1) is 0 Å². The van der Waals surface area contributed by atoms with Crippen LogP contribution in [0.4, 0.5) is 0 Å². The van der Waals surface area contributed by atoms with Gasteiger partial charge in [0.1, 0.15) is 0 Å². The summed E-state index contributed by atoms with van der Waals surface area (Å²) in [6.07, 6.45) is 0.453. The number of aromatic amines is 2. The molecular weight excluding hydrogens is 176 g/mol. The van der Waals surface area contributed by atoms with Crippen molar-refractivity contribution in [3.63, 3.8) is 0 Å². The summed E-state index contributed by atoms with van der Waals surface area (Å²) < 4.78 is 4.97. The number of aliphatic hydroxyl groups is 1. The highest BCUT2D eigenvalue weighted by Crippen LogP contribution is 1.96. The van der Waals surface area contributed by atoms with Gasteiger partial charge < -0.3 is 9.84 Å². The second kappa shape index (κ2) is 4.46. The molecule has 0 saturated heterocycles. The first-order chi connectivity index (χ1) is 6.22. The first kappa shape index (κ1) is 9.53. The van der Waals surface area contributed by atoms with Crippen LogP contribution in [0.2, 0.25) is 0 Å². The topological polar surface area (TPSA) is 95.2 Å². The fourth-order valence-electron chi connectivity index (χ4n) is 0.771. The maximum absolute atomic E-state index is 10.7. The molecule has 0 spiro atoms. The van der Waals surface area contributed by atoms with Crippen molar-refractivity contribution in [2.24, 2.45) is 0 Å². The monoisotopic (exact) mass is 186 g/mol. The summed E-state index contributed by atoms with van der Waals surface area (Å²) in [5.41, 5.74) is -1.12. The number of H-pyrrole nitrogens is 2. The Hall–Kier alpha value is -1.56. The second-order valence-electron chi connectivity index (χ2n) is 2.38. The number of nitrogens with one attached hydrogen (secondary N) is 2. The van der Waals surface area contributed by atoms with E-state index in [1.165, 1.54) is 0 Å². The maximum Gasteiger partial charge on any atom is 0.328 e. The minimum absolute atomic E-state index is 0.00736. The zero-order valence-corrected chi connectivity index (χ0v) is 6.87. The van der Waals surface area contributed by atoms with E-state index in [0.717, 1.165) is 6.07 Å². The Labute approximate surface area is 73.2 Å². The summed E-state index contributed by atoms with van der Waals surface area (Å²) >= 11 is 0.